The first-order valence-electron chi connectivity index (χ1n) is 9.02. The minimum Gasteiger partial charge on any atom is -0.489 e. The molecule has 0 radical (unpaired) electrons. The van der Waals surface area contributed by atoms with E-state index in [4.69, 9.17) is 9.15 Å². The van der Waals surface area contributed by atoms with Gasteiger partial charge in [-0.15, -0.1) is 0 Å². The third-order valence-corrected chi connectivity index (χ3v) is 5.33. The molecule has 4 rings (SSSR count). The largest absolute Gasteiger partial charge is 0.489 e. The fourth-order valence-corrected chi connectivity index (χ4v) is 3.41. The zero-order valence-corrected chi connectivity index (χ0v) is 17.2. The Morgan fingerprint density at radius 3 is 2.54 bits per heavy atom. The lowest BCUT2D eigenvalue weighted by molar-refractivity contribution is 0.305. The molecule has 0 N–H and O–H groups in total. The number of benzene rings is 3. The highest BCUT2D eigenvalue weighted by Crippen LogP contribution is 2.25. The van der Waals surface area contributed by atoms with E-state index in [1.807, 2.05) is 30.3 Å². The van der Waals surface area contributed by atoms with E-state index < -0.39 is 0 Å². The van der Waals surface area contributed by atoms with Crippen LogP contribution in [0.3, 0.4) is 0 Å². The van der Waals surface area contributed by atoms with Crippen LogP contribution in [-0.2, 0) is 6.61 Å². The summed E-state index contributed by atoms with van der Waals surface area (Å²) < 4.78 is 12.7. The maximum Gasteiger partial charge on any atom is 0.200 e. The predicted molar refractivity (Wildman–Crippen MR) is 116 cm³/mol. The van der Waals surface area contributed by atoms with Crippen LogP contribution >= 0.6 is 15.9 Å². The molecule has 0 fully saturated rings. The van der Waals surface area contributed by atoms with Crippen LogP contribution in [0.4, 0.5) is 0 Å². The standard InChI is InChI=1S/C24H19BrO3/c1-15-3-4-16(2)18(11-15)13-27-20-9-10-21-23(12-20)28-14-22(24(21)26)17-5-7-19(25)8-6-17/h3-12,14H,13H2,1-2H3. The number of hydrogen-bond acceptors (Lipinski definition) is 3. The number of aryl methyl sites for hydroxylation is 2. The van der Waals surface area contributed by atoms with Gasteiger partial charge in [0.1, 0.15) is 24.2 Å². The van der Waals surface area contributed by atoms with Crippen molar-refractivity contribution in [2.75, 3.05) is 0 Å². The maximum atomic E-state index is 12.9. The first-order valence-corrected chi connectivity index (χ1v) is 9.81. The molecule has 4 heteroatoms. The van der Waals surface area contributed by atoms with Crippen molar-refractivity contribution in [3.05, 3.63) is 98.3 Å². The summed E-state index contributed by atoms with van der Waals surface area (Å²) >= 11 is 3.41. The summed E-state index contributed by atoms with van der Waals surface area (Å²) in [6.07, 6.45) is 1.52. The molecule has 140 valence electrons. The van der Waals surface area contributed by atoms with Crippen LogP contribution in [-0.4, -0.2) is 0 Å². The second-order valence-electron chi connectivity index (χ2n) is 6.86. The Kier molecular flexibility index (Phi) is 5.05. The molecule has 0 aliphatic heterocycles. The van der Waals surface area contributed by atoms with Gasteiger partial charge in [-0.2, -0.15) is 0 Å². The monoisotopic (exact) mass is 434 g/mol. The highest BCUT2D eigenvalue weighted by atomic mass is 79.9. The quantitative estimate of drug-likeness (QED) is 0.372. The summed E-state index contributed by atoms with van der Waals surface area (Å²) in [7, 11) is 0. The fraction of sp³-hybridized carbons (Fsp3) is 0.125. The molecule has 0 amide bonds. The molecule has 0 saturated carbocycles. The van der Waals surface area contributed by atoms with Crippen molar-refractivity contribution >= 4 is 26.9 Å². The van der Waals surface area contributed by atoms with Gasteiger partial charge in [0.05, 0.1) is 10.9 Å². The molecule has 3 aromatic carbocycles. The number of fused-ring (bicyclic) bond motifs is 1. The Hall–Kier alpha value is -2.85. The van der Waals surface area contributed by atoms with Crippen LogP contribution in [0.2, 0.25) is 0 Å². The molecule has 4 aromatic rings. The molecule has 1 heterocycles. The van der Waals surface area contributed by atoms with Gasteiger partial charge in [-0.3, -0.25) is 4.79 Å². The SMILES string of the molecule is Cc1ccc(C)c(COc2ccc3c(=O)c(-c4ccc(Br)cc4)coc3c2)c1. The molecule has 0 unspecified atom stereocenters. The Balaban J connectivity index is 1.63. The lowest BCUT2D eigenvalue weighted by Gasteiger charge is -2.10. The van der Waals surface area contributed by atoms with E-state index in [0.717, 1.165) is 15.6 Å². The highest BCUT2D eigenvalue weighted by Gasteiger charge is 2.10. The third kappa shape index (κ3) is 3.73. The molecule has 1 aromatic heterocycles. The summed E-state index contributed by atoms with van der Waals surface area (Å²) in [5.74, 6) is 0.674. The number of halogens is 1. The van der Waals surface area contributed by atoms with Gasteiger partial charge in [-0.05, 0) is 54.8 Å². The highest BCUT2D eigenvalue weighted by molar-refractivity contribution is 9.10. The van der Waals surface area contributed by atoms with Crippen LogP contribution in [0, 0.1) is 13.8 Å². The minimum atomic E-state index is -0.0512. The van der Waals surface area contributed by atoms with Crippen LogP contribution in [0.5, 0.6) is 5.75 Å². The average Bonchev–Trinajstić information content (AvgIpc) is 2.70. The number of ether oxygens (including phenoxy) is 1. The third-order valence-electron chi connectivity index (χ3n) is 4.80. The fourth-order valence-electron chi connectivity index (χ4n) is 3.14. The van der Waals surface area contributed by atoms with E-state index in [9.17, 15) is 4.79 Å². The molecule has 0 spiro atoms. The molecule has 28 heavy (non-hydrogen) atoms. The second kappa shape index (κ2) is 7.64. The van der Waals surface area contributed by atoms with Crippen molar-refractivity contribution in [1.82, 2.24) is 0 Å². The van der Waals surface area contributed by atoms with Crippen molar-refractivity contribution in [3.63, 3.8) is 0 Å². The summed E-state index contributed by atoms with van der Waals surface area (Å²) in [5, 5.41) is 0.541. The van der Waals surface area contributed by atoms with Crippen molar-refractivity contribution in [2.45, 2.75) is 20.5 Å². The van der Waals surface area contributed by atoms with Crippen LogP contribution in [0.25, 0.3) is 22.1 Å². The topological polar surface area (TPSA) is 39.4 Å². The smallest absolute Gasteiger partial charge is 0.200 e. The molecule has 0 saturated heterocycles. The van der Waals surface area contributed by atoms with Gasteiger partial charge in [0.15, 0.2) is 5.43 Å². The summed E-state index contributed by atoms with van der Waals surface area (Å²) in [4.78, 5) is 12.9. The Labute approximate surface area is 171 Å². The van der Waals surface area contributed by atoms with E-state index in [1.165, 1.54) is 17.4 Å². The minimum absolute atomic E-state index is 0.0512. The second-order valence-corrected chi connectivity index (χ2v) is 7.78. The van der Waals surface area contributed by atoms with Crippen molar-refractivity contribution in [1.29, 1.82) is 0 Å². The van der Waals surface area contributed by atoms with E-state index >= 15 is 0 Å². The van der Waals surface area contributed by atoms with Gasteiger partial charge in [-0.1, -0.05) is 51.8 Å². The molecule has 0 atom stereocenters. The van der Waals surface area contributed by atoms with Gasteiger partial charge in [0.2, 0.25) is 0 Å². The molecule has 3 nitrogen and oxygen atoms in total. The van der Waals surface area contributed by atoms with E-state index in [1.54, 1.807) is 12.1 Å². The van der Waals surface area contributed by atoms with E-state index in [-0.39, 0.29) is 5.43 Å². The van der Waals surface area contributed by atoms with Gasteiger partial charge < -0.3 is 9.15 Å². The summed E-state index contributed by atoms with van der Waals surface area (Å²) in [5.41, 5.74) is 5.38. The zero-order valence-electron chi connectivity index (χ0n) is 15.7. The van der Waals surface area contributed by atoms with Crippen LogP contribution in [0.1, 0.15) is 16.7 Å². The van der Waals surface area contributed by atoms with Gasteiger partial charge in [0, 0.05) is 10.5 Å². The van der Waals surface area contributed by atoms with Gasteiger partial charge >= 0.3 is 0 Å². The molecule has 0 aliphatic rings. The first kappa shape index (κ1) is 18.5. The Morgan fingerprint density at radius 1 is 0.964 bits per heavy atom. The van der Waals surface area contributed by atoms with Crippen molar-refractivity contribution < 1.29 is 9.15 Å². The lowest BCUT2D eigenvalue weighted by atomic mass is 10.1. The average molecular weight is 435 g/mol. The summed E-state index contributed by atoms with van der Waals surface area (Å²) in [6, 6.07) is 19.3. The first-order chi connectivity index (χ1) is 13.5. The van der Waals surface area contributed by atoms with Crippen molar-refractivity contribution in [2.24, 2.45) is 0 Å². The van der Waals surface area contributed by atoms with Crippen LogP contribution in [0.15, 0.2) is 80.6 Å². The van der Waals surface area contributed by atoms with Gasteiger partial charge in [0.25, 0.3) is 0 Å². The number of rotatable bonds is 4. The maximum absolute atomic E-state index is 12.9. The molecular formula is C24H19BrO3. The van der Waals surface area contributed by atoms with E-state index in [0.29, 0.717) is 28.9 Å². The van der Waals surface area contributed by atoms with Crippen LogP contribution < -0.4 is 10.2 Å². The van der Waals surface area contributed by atoms with E-state index in [2.05, 4.69) is 48.0 Å². The Bertz CT molecular complexity index is 1210. The molecule has 0 aliphatic carbocycles. The zero-order chi connectivity index (χ0) is 19.7. The number of hydrogen-bond donors (Lipinski definition) is 0. The normalized spacial score (nSPS) is 11.0. The molecule has 0 bridgehead atoms. The van der Waals surface area contributed by atoms with Crippen molar-refractivity contribution in [3.8, 4) is 16.9 Å². The Morgan fingerprint density at radius 2 is 1.75 bits per heavy atom. The molecular weight excluding hydrogens is 416 g/mol. The van der Waals surface area contributed by atoms with Gasteiger partial charge in [-0.25, -0.2) is 0 Å². The lowest BCUT2D eigenvalue weighted by Crippen LogP contribution is -2.05. The summed E-state index contributed by atoms with van der Waals surface area (Å²) in [6.45, 7) is 4.61. The predicted octanol–water partition coefficient (Wildman–Crippen LogP) is 6.42.